The zero-order valence-corrected chi connectivity index (χ0v) is 23.7. The number of benzene rings is 1. The lowest BCUT2D eigenvalue weighted by Gasteiger charge is -2.44. The molecule has 2 aliphatic carbocycles. The van der Waals surface area contributed by atoms with Crippen LogP contribution in [-0.4, -0.2) is 50.9 Å². The molecule has 3 N–H and O–H groups in total. The highest BCUT2D eigenvalue weighted by molar-refractivity contribution is 7.91. The summed E-state index contributed by atoms with van der Waals surface area (Å²) in [4.78, 5) is 15.4. The Morgan fingerprint density at radius 3 is 2.74 bits per heavy atom. The van der Waals surface area contributed by atoms with Crippen molar-refractivity contribution >= 4 is 59.7 Å². The van der Waals surface area contributed by atoms with Gasteiger partial charge in [-0.1, -0.05) is 17.7 Å². The van der Waals surface area contributed by atoms with Crippen LogP contribution in [-0.2, 0) is 37.9 Å². The molecular weight excluding hydrogens is 591 g/mol. The number of nitrogens with zero attached hydrogens (tertiary/aromatic N) is 2. The predicted molar refractivity (Wildman–Crippen MR) is 144 cm³/mol. The van der Waals surface area contributed by atoms with Gasteiger partial charge in [0.05, 0.1) is 6.26 Å². The Kier molecular flexibility index (Phi) is 6.34. The van der Waals surface area contributed by atoms with Crippen LogP contribution in [0, 0.1) is 23.6 Å². The molecule has 0 radical (unpaired) electrons. The predicted octanol–water partition coefficient (Wildman–Crippen LogP) is 3.37. The Balaban J connectivity index is 1.40. The van der Waals surface area contributed by atoms with E-state index in [1.807, 2.05) is 0 Å². The number of halogens is 2. The molecule has 6 rings (SSSR count). The second-order valence-electron chi connectivity index (χ2n) is 10.3. The molecule has 1 aromatic carbocycles. The maximum Gasteiger partial charge on any atom is 0.287 e. The van der Waals surface area contributed by atoms with Gasteiger partial charge in [0.2, 0.25) is 10.0 Å². The molecule has 4 atom stereocenters. The SMILES string of the molecule is CS(=O)(=O)NCc1csc2c1S(=O)(=O)N=C(C1=C(O)[C@@H]3C4CCC(C4)[C@@H]3N(Cc3ccc(F)cc3Cl)C1=O)N2. The van der Waals surface area contributed by atoms with Crippen LogP contribution in [0.4, 0.5) is 9.39 Å². The summed E-state index contributed by atoms with van der Waals surface area (Å²) < 4.78 is 69.4. The number of hydrogen-bond donors (Lipinski definition) is 3. The molecule has 15 heteroatoms. The highest BCUT2D eigenvalue weighted by Crippen LogP contribution is 2.55. The Labute approximate surface area is 233 Å². The second kappa shape index (κ2) is 9.26. The minimum atomic E-state index is -4.34. The van der Waals surface area contributed by atoms with E-state index in [2.05, 4.69) is 14.4 Å². The van der Waals surface area contributed by atoms with Crippen LogP contribution in [0.25, 0.3) is 0 Å². The Bertz CT molecular complexity index is 1690. The standard InChI is InChI=1S/C24H24ClFN4O6S3/c1-38(33,34)27-8-14-10-37-23-21(14)39(35,36)29-22(28-23)18-20(31)17-11-2-3-12(6-11)19(17)30(24(18)32)9-13-4-5-15(26)7-16(13)25/h4-5,7,10-12,17,19,27,31H,2-3,6,8-9H2,1H3,(H,28,29)/t11?,12?,17-,19+/m1/s1. The summed E-state index contributed by atoms with van der Waals surface area (Å²) >= 11 is 7.31. The van der Waals surface area contributed by atoms with E-state index in [0.29, 0.717) is 5.56 Å². The summed E-state index contributed by atoms with van der Waals surface area (Å²) in [7, 11) is -7.91. The lowest BCUT2D eigenvalue weighted by Crippen LogP contribution is -2.53. The topological polar surface area (TPSA) is 145 Å². The van der Waals surface area contributed by atoms with Gasteiger partial charge in [-0.25, -0.2) is 17.5 Å². The van der Waals surface area contributed by atoms with E-state index >= 15 is 0 Å². The molecule has 208 valence electrons. The van der Waals surface area contributed by atoms with Crippen LogP contribution in [0.5, 0.6) is 0 Å². The van der Waals surface area contributed by atoms with Crippen molar-refractivity contribution in [3.05, 3.63) is 56.9 Å². The van der Waals surface area contributed by atoms with E-state index in [9.17, 15) is 31.1 Å². The van der Waals surface area contributed by atoms with Crippen molar-refractivity contribution in [2.45, 2.75) is 43.3 Å². The third-order valence-corrected chi connectivity index (χ3v) is 11.4. The highest BCUT2D eigenvalue weighted by Gasteiger charge is 2.57. The molecule has 2 saturated carbocycles. The highest BCUT2D eigenvalue weighted by atomic mass is 35.5. The quantitative estimate of drug-likeness (QED) is 0.452. The molecule has 1 amide bonds. The number of hydrogen-bond acceptors (Lipinski definition) is 8. The normalized spacial score (nSPS) is 27.3. The summed E-state index contributed by atoms with van der Waals surface area (Å²) in [5.74, 6) is -1.66. The molecule has 2 fully saturated rings. The van der Waals surface area contributed by atoms with Gasteiger partial charge in [-0.3, -0.25) is 4.79 Å². The first-order valence-electron chi connectivity index (χ1n) is 12.2. The van der Waals surface area contributed by atoms with E-state index in [-0.39, 0.29) is 74.5 Å². The molecule has 2 bridgehead atoms. The number of carbonyl (C=O) groups excluding carboxylic acids is 1. The molecule has 10 nitrogen and oxygen atoms in total. The zero-order valence-electron chi connectivity index (χ0n) is 20.5. The van der Waals surface area contributed by atoms with E-state index in [4.69, 9.17) is 11.6 Å². The smallest absolute Gasteiger partial charge is 0.287 e. The third-order valence-electron chi connectivity index (χ3n) is 7.91. The van der Waals surface area contributed by atoms with Crippen molar-refractivity contribution in [1.29, 1.82) is 0 Å². The third kappa shape index (κ3) is 4.55. The molecule has 3 heterocycles. The number of sulfonamides is 2. The first kappa shape index (κ1) is 26.7. The van der Waals surface area contributed by atoms with Crippen LogP contribution < -0.4 is 10.0 Å². The largest absolute Gasteiger partial charge is 0.511 e. The number of amidine groups is 1. The van der Waals surface area contributed by atoms with Crippen molar-refractivity contribution in [2.24, 2.45) is 22.2 Å². The fourth-order valence-corrected chi connectivity index (χ4v) is 9.62. The Morgan fingerprint density at radius 1 is 1.28 bits per heavy atom. The van der Waals surface area contributed by atoms with Crippen LogP contribution in [0.2, 0.25) is 5.02 Å². The Hall–Kier alpha value is -2.52. The van der Waals surface area contributed by atoms with Gasteiger partial charge in [-0.15, -0.1) is 15.7 Å². The minimum absolute atomic E-state index is 0.0602. The van der Waals surface area contributed by atoms with Crippen LogP contribution in [0.1, 0.15) is 30.4 Å². The number of thiophene rings is 1. The number of aliphatic hydroxyl groups is 1. The molecule has 0 saturated heterocycles. The van der Waals surface area contributed by atoms with E-state index in [1.54, 1.807) is 4.90 Å². The first-order chi connectivity index (χ1) is 18.3. The molecular formula is C24H24ClFN4O6S3. The van der Waals surface area contributed by atoms with Crippen molar-refractivity contribution in [3.8, 4) is 0 Å². The lowest BCUT2D eigenvalue weighted by atomic mass is 9.77. The summed E-state index contributed by atoms with van der Waals surface area (Å²) in [6.07, 6.45) is 3.59. The van der Waals surface area contributed by atoms with Crippen LogP contribution >= 0.6 is 22.9 Å². The number of amides is 1. The van der Waals surface area contributed by atoms with Crippen LogP contribution in [0.15, 0.2) is 44.2 Å². The molecule has 39 heavy (non-hydrogen) atoms. The van der Waals surface area contributed by atoms with Gasteiger partial charge >= 0.3 is 0 Å². The van der Waals surface area contributed by atoms with Gasteiger partial charge in [0, 0.05) is 35.6 Å². The number of carbonyl (C=O) groups is 1. The average Bonchev–Trinajstić information content (AvgIpc) is 3.56. The number of anilines is 1. The van der Waals surface area contributed by atoms with E-state index in [0.717, 1.165) is 36.9 Å². The van der Waals surface area contributed by atoms with Crippen molar-refractivity contribution in [3.63, 3.8) is 0 Å². The number of aliphatic hydroxyl groups excluding tert-OH is 1. The molecule has 2 aromatic rings. The summed E-state index contributed by atoms with van der Waals surface area (Å²) in [6, 6.07) is 3.64. The first-order valence-corrected chi connectivity index (χ1v) is 16.8. The average molecular weight is 615 g/mol. The van der Waals surface area contributed by atoms with Gasteiger partial charge in [0.15, 0.2) is 5.84 Å². The summed E-state index contributed by atoms with van der Waals surface area (Å²) in [5, 5.41) is 16.2. The monoisotopic (exact) mass is 614 g/mol. The van der Waals surface area contributed by atoms with Gasteiger partial charge < -0.3 is 15.3 Å². The summed E-state index contributed by atoms with van der Waals surface area (Å²) in [6.45, 7) is -0.187. The molecule has 1 aromatic heterocycles. The minimum Gasteiger partial charge on any atom is -0.511 e. The van der Waals surface area contributed by atoms with E-state index in [1.165, 1.54) is 23.6 Å². The number of fused-ring (bicyclic) bond motifs is 6. The molecule has 4 aliphatic rings. The van der Waals surface area contributed by atoms with Crippen molar-refractivity contribution in [1.82, 2.24) is 9.62 Å². The molecule has 2 unspecified atom stereocenters. The lowest BCUT2D eigenvalue weighted by molar-refractivity contribution is -0.134. The zero-order chi connectivity index (χ0) is 27.9. The number of rotatable bonds is 6. The van der Waals surface area contributed by atoms with Gasteiger partial charge in [-0.05, 0) is 54.2 Å². The van der Waals surface area contributed by atoms with E-state index < -0.39 is 31.8 Å². The van der Waals surface area contributed by atoms with Crippen molar-refractivity contribution < 1.29 is 31.1 Å². The maximum absolute atomic E-state index is 14.0. The maximum atomic E-state index is 14.0. The second-order valence-corrected chi connectivity index (χ2v) is 15.0. The molecule has 0 spiro atoms. The number of nitrogens with one attached hydrogen (secondary N) is 2. The van der Waals surface area contributed by atoms with Crippen molar-refractivity contribution in [2.75, 3.05) is 11.6 Å². The Morgan fingerprint density at radius 2 is 2.03 bits per heavy atom. The summed E-state index contributed by atoms with van der Waals surface area (Å²) in [5.41, 5.74) is 0.522. The van der Waals surface area contributed by atoms with Crippen LogP contribution in [0.3, 0.4) is 0 Å². The van der Waals surface area contributed by atoms with Gasteiger partial charge in [-0.2, -0.15) is 8.42 Å². The fraction of sp³-hybridized carbons (Fsp3) is 0.417. The van der Waals surface area contributed by atoms with Gasteiger partial charge in [0.1, 0.15) is 27.0 Å². The molecule has 2 aliphatic heterocycles. The van der Waals surface area contributed by atoms with Gasteiger partial charge in [0.25, 0.3) is 15.9 Å². The fourth-order valence-electron chi connectivity index (χ4n) is 6.37.